The predicted molar refractivity (Wildman–Crippen MR) is 132 cm³/mol. The molecule has 3 aromatic rings. The van der Waals surface area contributed by atoms with Crippen LogP contribution in [0.25, 0.3) is 10.2 Å². The smallest absolute Gasteiger partial charge is 0.259 e. The highest BCUT2D eigenvalue weighted by Gasteiger charge is 2.21. The molecule has 1 aromatic carbocycles. The van der Waals surface area contributed by atoms with Crippen LogP contribution >= 0.6 is 23.1 Å². The van der Waals surface area contributed by atoms with E-state index in [1.165, 1.54) is 22.2 Å². The van der Waals surface area contributed by atoms with E-state index in [2.05, 4.69) is 41.0 Å². The number of aryl methyl sites for hydroxylation is 2. The molecule has 2 aromatic heterocycles. The third-order valence-corrected chi connectivity index (χ3v) is 7.67. The van der Waals surface area contributed by atoms with Gasteiger partial charge in [0.05, 0.1) is 16.9 Å². The molecule has 8 heteroatoms. The molecule has 2 heterocycles. The molecule has 1 amide bonds. The van der Waals surface area contributed by atoms with Gasteiger partial charge < -0.3 is 15.2 Å². The zero-order valence-corrected chi connectivity index (χ0v) is 19.8. The van der Waals surface area contributed by atoms with Crippen LogP contribution in [0.2, 0.25) is 0 Å². The fourth-order valence-electron chi connectivity index (χ4n) is 4.13. The molecule has 0 saturated carbocycles. The van der Waals surface area contributed by atoms with Crippen LogP contribution < -0.4 is 15.8 Å². The van der Waals surface area contributed by atoms with Crippen LogP contribution in [0.3, 0.4) is 0 Å². The topological polar surface area (TPSA) is 78.1 Å². The number of H-pyrrole nitrogens is 1. The second kappa shape index (κ2) is 9.44. The van der Waals surface area contributed by atoms with Gasteiger partial charge in [0.25, 0.3) is 5.56 Å². The van der Waals surface area contributed by atoms with E-state index in [0.717, 1.165) is 47.4 Å². The monoisotopic (exact) mass is 456 g/mol. The Labute approximate surface area is 190 Å². The average molecular weight is 457 g/mol. The van der Waals surface area contributed by atoms with Crippen LogP contribution in [0.4, 0.5) is 11.4 Å². The Morgan fingerprint density at radius 2 is 2.06 bits per heavy atom. The van der Waals surface area contributed by atoms with Gasteiger partial charge in [-0.15, -0.1) is 23.1 Å². The first-order valence-corrected chi connectivity index (χ1v) is 12.7. The fraction of sp³-hybridized carbons (Fsp3) is 0.435. The maximum atomic E-state index is 12.5. The number of rotatable bonds is 8. The Bertz CT molecular complexity index is 1130. The number of fused-ring (bicyclic) bond motifs is 3. The van der Waals surface area contributed by atoms with Crippen molar-refractivity contribution >= 4 is 50.6 Å². The van der Waals surface area contributed by atoms with Gasteiger partial charge in [-0.25, -0.2) is 4.98 Å². The van der Waals surface area contributed by atoms with E-state index in [-0.39, 0.29) is 11.5 Å². The van der Waals surface area contributed by atoms with Gasteiger partial charge in [0, 0.05) is 28.8 Å². The SMILES string of the molecule is CCN(c1ccc(NC(=O)CSCc2nc3sc4c(c3c(=O)[nH]2)CCC4)cc1)C(C)C. The van der Waals surface area contributed by atoms with Crippen LogP contribution in [0.1, 0.15) is 43.5 Å². The third-order valence-electron chi connectivity index (χ3n) is 5.54. The molecule has 0 spiro atoms. The highest BCUT2D eigenvalue weighted by molar-refractivity contribution is 7.99. The number of thiophene rings is 1. The van der Waals surface area contributed by atoms with Crippen molar-refractivity contribution in [2.75, 3.05) is 22.5 Å². The van der Waals surface area contributed by atoms with Crippen LogP contribution in [-0.4, -0.2) is 34.2 Å². The highest BCUT2D eigenvalue weighted by Crippen LogP contribution is 2.34. The number of nitrogens with one attached hydrogen (secondary N) is 2. The number of hydrogen-bond donors (Lipinski definition) is 2. The molecule has 164 valence electrons. The quantitative estimate of drug-likeness (QED) is 0.519. The zero-order valence-electron chi connectivity index (χ0n) is 18.2. The minimum atomic E-state index is -0.0625. The standard InChI is InChI=1S/C23H28N4O2S2/c1-4-27(14(2)3)16-10-8-15(9-11-16)24-20(28)13-30-12-19-25-22(29)21-17-6-5-7-18(17)31-23(21)26-19/h8-11,14H,4-7,12-13H2,1-3H3,(H,24,28)(H,25,26,29). The zero-order chi connectivity index (χ0) is 22.0. The van der Waals surface area contributed by atoms with Crippen LogP contribution in [0.5, 0.6) is 0 Å². The van der Waals surface area contributed by atoms with Crippen molar-refractivity contribution in [2.24, 2.45) is 0 Å². The lowest BCUT2D eigenvalue weighted by atomic mass is 10.2. The van der Waals surface area contributed by atoms with E-state index in [9.17, 15) is 9.59 Å². The second-order valence-corrected chi connectivity index (χ2v) is 10.1. The molecule has 0 atom stereocenters. The molecule has 1 aliphatic rings. The van der Waals surface area contributed by atoms with E-state index < -0.39 is 0 Å². The van der Waals surface area contributed by atoms with E-state index in [0.29, 0.717) is 23.4 Å². The number of thioether (sulfide) groups is 1. The number of benzene rings is 1. The number of aromatic nitrogens is 2. The minimum Gasteiger partial charge on any atom is -0.369 e. The Kier molecular flexibility index (Phi) is 6.67. The summed E-state index contributed by atoms with van der Waals surface area (Å²) < 4.78 is 0. The first kappa shape index (κ1) is 21.9. The van der Waals surface area contributed by atoms with Gasteiger partial charge in [-0.1, -0.05) is 0 Å². The van der Waals surface area contributed by atoms with Crippen molar-refractivity contribution in [3.63, 3.8) is 0 Å². The first-order valence-electron chi connectivity index (χ1n) is 10.7. The molecular formula is C23H28N4O2S2. The molecule has 6 nitrogen and oxygen atoms in total. The van der Waals surface area contributed by atoms with Crippen LogP contribution in [-0.2, 0) is 23.4 Å². The molecule has 0 unspecified atom stereocenters. The van der Waals surface area contributed by atoms with E-state index in [1.54, 1.807) is 11.3 Å². The Balaban J connectivity index is 1.32. The summed E-state index contributed by atoms with van der Waals surface area (Å²) in [5, 5.41) is 3.71. The lowest BCUT2D eigenvalue weighted by molar-refractivity contribution is -0.113. The Hall–Kier alpha value is -2.32. The maximum Gasteiger partial charge on any atom is 0.259 e. The van der Waals surface area contributed by atoms with Crippen LogP contribution in [0.15, 0.2) is 29.1 Å². The van der Waals surface area contributed by atoms with Gasteiger partial charge in [0.2, 0.25) is 5.91 Å². The Morgan fingerprint density at radius 3 is 2.77 bits per heavy atom. The number of carbonyl (C=O) groups excluding carboxylic acids is 1. The summed E-state index contributed by atoms with van der Waals surface area (Å²) >= 11 is 3.09. The summed E-state index contributed by atoms with van der Waals surface area (Å²) in [5.74, 6) is 1.37. The largest absolute Gasteiger partial charge is 0.369 e. The summed E-state index contributed by atoms with van der Waals surface area (Å²) in [6.45, 7) is 7.41. The van der Waals surface area contributed by atoms with Crippen molar-refractivity contribution in [3.8, 4) is 0 Å². The van der Waals surface area contributed by atoms with E-state index >= 15 is 0 Å². The van der Waals surface area contributed by atoms with E-state index in [4.69, 9.17) is 0 Å². The number of amides is 1. The third kappa shape index (κ3) is 4.80. The molecule has 2 N–H and O–H groups in total. The molecule has 31 heavy (non-hydrogen) atoms. The molecule has 0 aliphatic heterocycles. The highest BCUT2D eigenvalue weighted by atomic mass is 32.2. The van der Waals surface area contributed by atoms with Gasteiger partial charge in [-0.2, -0.15) is 0 Å². The summed E-state index contributed by atoms with van der Waals surface area (Å²) in [7, 11) is 0. The van der Waals surface area contributed by atoms with Crippen molar-refractivity contribution in [3.05, 3.63) is 50.9 Å². The molecular weight excluding hydrogens is 428 g/mol. The van der Waals surface area contributed by atoms with Gasteiger partial charge in [0.1, 0.15) is 10.7 Å². The van der Waals surface area contributed by atoms with Crippen molar-refractivity contribution in [1.29, 1.82) is 0 Å². The minimum absolute atomic E-state index is 0.0490. The van der Waals surface area contributed by atoms with Crippen molar-refractivity contribution < 1.29 is 4.79 Å². The van der Waals surface area contributed by atoms with Gasteiger partial charge in [-0.05, 0) is 69.9 Å². The Morgan fingerprint density at radius 1 is 1.29 bits per heavy atom. The molecule has 0 fully saturated rings. The number of hydrogen-bond acceptors (Lipinski definition) is 6. The predicted octanol–water partition coefficient (Wildman–Crippen LogP) is 4.58. The van der Waals surface area contributed by atoms with Gasteiger partial charge >= 0.3 is 0 Å². The normalized spacial score (nSPS) is 13.0. The number of carbonyl (C=O) groups is 1. The van der Waals surface area contributed by atoms with Crippen molar-refractivity contribution in [1.82, 2.24) is 9.97 Å². The molecule has 4 rings (SSSR count). The molecule has 1 aliphatic carbocycles. The maximum absolute atomic E-state index is 12.5. The summed E-state index contributed by atoms with van der Waals surface area (Å²) in [5.41, 5.74) is 3.07. The summed E-state index contributed by atoms with van der Waals surface area (Å²) in [4.78, 5) is 36.8. The second-order valence-electron chi connectivity index (χ2n) is 8.02. The van der Waals surface area contributed by atoms with Crippen LogP contribution in [0, 0.1) is 0 Å². The molecule has 0 radical (unpaired) electrons. The van der Waals surface area contributed by atoms with E-state index in [1.807, 2.05) is 24.3 Å². The lowest BCUT2D eigenvalue weighted by Crippen LogP contribution is -2.30. The fourth-order valence-corrected chi connectivity index (χ4v) is 6.11. The first-order chi connectivity index (χ1) is 15.0. The van der Waals surface area contributed by atoms with Gasteiger partial charge in [-0.3, -0.25) is 9.59 Å². The van der Waals surface area contributed by atoms with Gasteiger partial charge in [0.15, 0.2) is 0 Å². The average Bonchev–Trinajstić information content (AvgIpc) is 3.30. The number of aromatic amines is 1. The number of anilines is 2. The molecule has 0 saturated heterocycles. The lowest BCUT2D eigenvalue weighted by Gasteiger charge is -2.27. The summed E-state index contributed by atoms with van der Waals surface area (Å²) in [6.07, 6.45) is 3.15. The van der Waals surface area contributed by atoms with Crippen molar-refractivity contribution in [2.45, 2.75) is 51.8 Å². The number of nitrogens with zero attached hydrogens (tertiary/aromatic N) is 2. The summed E-state index contributed by atoms with van der Waals surface area (Å²) in [6, 6.07) is 8.37. The molecule has 0 bridgehead atoms.